The summed E-state index contributed by atoms with van der Waals surface area (Å²) in [6.07, 6.45) is 4.74. The van der Waals surface area contributed by atoms with Gasteiger partial charge in [-0.05, 0) is 48.9 Å². The van der Waals surface area contributed by atoms with Crippen LogP contribution in [-0.4, -0.2) is 50.4 Å². The van der Waals surface area contributed by atoms with Crippen LogP contribution in [0.4, 0.5) is 0 Å². The Bertz CT molecular complexity index is 506. The van der Waals surface area contributed by atoms with Crippen molar-refractivity contribution in [3.05, 3.63) is 29.3 Å². The molecule has 1 saturated heterocycles. The predicted molar refractivity (Wildman–Crippen MR) is 83.8 cm³/mol. The van der Waals surface area contributed by atoms with Crippen molar-refractivity contribution in [2.75, 3.05) is 33.9 Å². The molecule has 0 amide bonds. The van der Waals surface area contributed by atoms with Crippen LogP contribution in [0.1, 0.15) is 24.0 Å². The SMILES string of the molecule is COc1ccc2c(c1)CC(CN)(N1CCC(OC)C1)CC2. The molecule has 0 bridgehead atoms. The Hall–Kier alpha value is -1.10. The van der Waals surface area contributed by atoms with Gasteiger partial charge in [-0.3, -0.25) is 4.90 Å². The highest BCUT2D eigenvalue weighted by molar-refractivity contribution is 5.39. The third kappa shape index (κ3) is 2.68. The summed E-state index contributed by atoms with van der Waals surface area (Å²) in [5.41, 5.74) is 9.15. The van der Waals surface area contributed by atoms with Crippen LogP contribution in [0.2, 0.25) is 0 Å². The van der Waals surface area contributed by atoms with Crippen molar-refractivity contribution in [1.29, 1.82) is 0 Å². The zero-order chi connectivity index (χ0) is 14.9. The highest BCUT2D eigenvalue weighted by atomic mass is 16.5. The standard InChI is InChI=1S/C17H26N2O2/c1-20-15-4-3-13-5-7-17(12-18,10-14(13)9-15)19-8-6-16(11-19)21-2/h3-4,9,16H,5-8,10-12,18H2,1-2H3. The molecule has 1 heterocycles. The summed E-state index contributed by atoms with van der Waals surface area (Å²) in [6, 6.07) is 6.45. The molecule has 3 rings (SSSR count). The maximum atomic E-state index is 6.22. The van der Waals surface area contributed by atoms with E-state index in [-0.39, 0.29) is 5.54 Å². The minimum absolute atomic E-state index is 0.0899. The van der Waals surface area contributed by atoms with Gasteiger partial charge in [0.25, 0.3) is 0 Å². The molecule has 4 nitrogen and oxygen atoms in total. The van der Waals surface area contributed by atoms with Crippen molar-refractivity contribution in [2.45, 2.75) is 37.3 Å². The minimum atomic E-state index is 0.0899. The van der Waals surface area contributed by atoms with Gasteiger partial charge in [-0.25, -0.2) is 0 Å². The highest BCUT2D eigenvalue weighted by Crippen LogP contribution is 2.36. The van der Waals surface area contributed by atoms with Crippen LogP contribution in [0, 0.1) is 0 Å². The Kier molecular flexibility index (Phi) is 4.20. The number of aryl methyl sites for hydroxylation is 1. The third-order valence-electron chi connectivity index (χ3n) is 5.32. The second kappa shape index (κ2) is 5.95. The number of nitrogens with two attached hydrogens (primary N) is 1. The van der Waals surface area contributed by atoms with Crippen LogP contribution in [0.25, 0.3) is 0 Å². The van der Waals surface area contributed by atoms with Gasteiger partial charge >= 0.3 is 0 Å². The maximum Gasteiger partial charge on any atom is 0.119 e. The van der Waals surface area contributed by atoms with E-state index in [1.807, 2.05) is 7.11 Å². The van der Waals surface area contributed by atoms with Crippen LogP contribution < -0.4 is 10.5 Å². The summed E-state index contributed by atoms with van der Waals surface area (Å²) in [4.78, 5) is 2.56. The van der Waals surface area contributed by atoms with Crippen molar-refractivity contribution in [2.24, 2.45) is 5.73 Å². The predicted octanol–water partition coefficient (Wildman–Crippen LogP) is 1.60. The Balaban J connectivity index is 1.84. The molecule has 1 aliphatic heterocycles. The van der Waals surface area contributed by atoms with E-state index in [0.29, 0.717) is 12.6 Å². The van der Waals surface area contributed by atoms with E-state index in [1.165, 1.54) is 11.1 Å². The first-order chi connectivity index (χ1) is 10.2. The van der Waals surface area contributed by atoms with Gasteiger partial charge in [0.2, 0.25) is 0 Å². The Labute approximate surface area is 127 Å². The van der Waals surface area contributed by atoms with E-state index >= 15 is 0 Å². The van der Waals surface area contributed by atoms with Crippen LogP contribution in [0.3, 0.4) is 0 Å². The molecule has 116 valence electrons. The fourth-order valence-corrected chi connectivity index (χ4v) is 3.87. The van der Waals surface area contributed by atoms with Crippen molar-refractivity contribution in [1.82, 2.24) is 4.90 Å². The molecule has 2 unspecified atom stereocenters. The summed E-state index contributed by atoms with van der Waals surface area (Å²) in [5.74, 6) is 0.942. The maximum absolute atomic E-state index is 6.22. The summed E-state index contributed by atoms with van der Waals surface area (Å²) in [5, 5.41) is 0. The van der Waals surface area contributed by atoms with Gasteiger partial charge in [-0.2, -0.15) is 0 Å². The van der Waals surface area contributed by atoms with Crippen LogP contribution in [0.5, 0.6) is 5.75 Å². The van der Waals surface area contributed by atoms with Crippen LogP contribution >= 0.6 is 0 Å². The van der Waals surface area contributed by atoms with E-state index in [9.17, 15) is 0 Å². The van der Waals surface area contributed by atoms with Crippen molar-refractivity contribution in [3.8, 4) is 5.75 Å². The molecule has 2 N–H and O–H groups in total. The van der Waals surface area contributed by atoms with E-state index in [1.54, 1.807) is 7.11 Å². The van der Waals surface area contributed by atoms with E-state index in [4.69, 9.17) is 15.2 Å². The molecular weight excluding hydrogens is 264 g/mol. The van der Waals surface area contributed by atoms with Gasteiger partial charge in [0.15, 0.2) is 0 Å². The Morgan fingerprint density at radius 1 is 1.33 bits per heavy atom. The lowest BCUT2D eigenvalue weighted by Gasteiger charge is -2.44. The zero-order valence-corrected chi connectivity index (χ0v) is 13.1. The summed E-state index contributed by atoms with van der Waals surface area (Å²) in [7, 11) is 3.54. The summed E-state index contributed by atoms with van der Waals surface area (Å²) < 4.78 is 10.9. The lowest BCUT2D eigenvalue weighted by Crippen LogP contribution is -2.56. The zero-order valence-electron chi connectivity index (χ0n) is 13.1. The van der Waals surface area contributed by atoms with Crippen molar-refractivity contribution < 1.29 is 9.47 Å². The Morgan fingerprint density at radius 2 is 2.19 bits per heavy atom. The average molecular weight is 290 g/mol. The molecule has 2 atom stereocenters. The van der Waals surface area contributed by atoms with E-state index < -0.39 is 0 Å². The number of methoxy groups -OCH3 is 2. The number of rotatable bonds is 4. The number of likely N-dealkylation sites (tertiary alicyclic amines) is 1. The van der Waals surface area contributed by atoms with Gasteiger partial charge in [-0.15, -0.1) is 0 Å². The molecular formula is C17H26N2O2. The lowest BCUT2D eigenvalue weighted by atomic mass is 9.76. The van der Waals surface area contributed by atoms with Gasteiger partial charge in [-0.1, -0.05) is 6.07 Å². The molecule has 0 aromatic heterocycles. The van der Waals surface area contributed by atoms with Crippen LogP contribution in [0.15, 0.2) is 18.2 Å². The quantitative estimate of drug-likeness (QED) is 0.915. The molecule has 0 saturated carbocycles. The van der Waals surface area contributed by atoms with Gasteiger partial charge in [0.1, 0.15) is 5.75 Å². The largest absolute Gasteiger partial charge is 0.497 e. The molecule has 0 radical (unpaired) electrons. The fraction of sp³-hybridized carbons (Fsp3) is 0.647. The molecule has 21 heavy (non-hydrogen) atoms. The Morgan fingerprint density at radius 3 is 2.86 bits per heavy atom. The van der Waals surface area contributed by atoms with Gasteiger partial charge in [0.05, 0.1) is 13.2 Å². The molecule has 0 spiro atoms. The molecule has 1 aromatic carbocycles. The number of benzene rings is 1. The number of hydrogen-bond acceptors (Lipinski definition) is 4. The average Bonchev–Trinajstić information content (AvgIpc) is 3.03. The summed E-state index contributed by atoms with van der Waals surface area (Å²) >= 11 is 0. The summed E-state index contributed by atoms with van der Waals surface area (Å²) in [6.45, 7) is 2.81. The van der Waals surface area contributed by atoms with Crippen molar-refractivity contribution in [3.63, 3.8) is 0 Å². The molecule has 2 aliphatic rings. The van der Waals surface area contributed by atoms with Crippen LogP contribution in [-0.2, 0) is 17.6 Å². The minimum Gasteiger partial charge on any atom is -0.497 e. The van der Waals surface area contributed by atoms with E-state index in [2.05, 4.69) is 23.1 Å². The molecule has 1 aliphatic carbocycles. The highest BCUT2D eigenvalue weighted by Gasteiger charge is 2.42. The first-order valence-corrected chi connectivity index (χ1v) is 7.84. The van der Waals surface area contributed by atoms with Gasteiger partial charge < -0.3 is 15.2 Å². The molecule has 4 heteroatoms. The van der Waals surface area contributed by atoms with Crippen molar-refractivity contribution >= 4 is 0 Å². The normalized spacial score (nSPS) is 29.4. The third-order valence-corrected chi connectivity index (χ3v) is 5.32. The first kappa shape index (κ1) is 14.8. The lowest BCUT2D eigenvalue weighted by molar-refractivity contribution is 0.0655. The second-order valence-corrected chi connectivity index (χ2v) is 6.33. The number of fused-ring (bicyclic) bond motifs is 1. The first-order valence-electron chi connectivity index (χ1n) is 7.84. The van der Waals surface area contributed by atoms with Gasteiger partial charge in [0, 0.05) is 32.3 Å². The van der Waals surface area contributed by atoms with E-state index in [0.717, 1.165) is 44.5 Å². The number of nitrogens with zero attached hydrogens (tertiary/aromatic N) is 1. The number of ether oxygens (including phenoxy) is 2. The topological polar surface area (TPSA) is 47.7 Å². The molecule has 1 aromatic rings. The smallest absolute Gasteiger partial charge is 0.119 e. The monoisotopic (exact) mass is 290 g/mol. The molecule has 1 fully saturated rings. The second-order valence-electron chi connectivity index (χ2n) is 6.33. The number of hydrogen-bond donors (Lipinski definition) is 1. The fourth-order valence-electron chi connectivity index (χ4n) is 3.87.